The fraction of sp³-hybridized carbons (Fsp3) is 0.500. The number of carboxylic acid groups (broad SMARTS) is 1. The molecule has 7 nitrogen and oxygen atoms in total. The molecule has 1 aliphatic heterocycles. The van der Waals surface area contributed by atoms with E-state index < -0.39 is 31.7 Å². The number of aliphatic carboxylic acids is 1. The lowest BCUT2D eigenvalue weighted by Crippen LogP contribution is -2.30. The lowest BCUT2D eigenvalue weighted by molar-refractivity contribution is -0.142. The molecule has 0 unspecified atom stereocenters. The summed E-state index contributed by atoms with van der Waals surface area (Å²) in [7, 11) is -7.44. The van der Waals surface area contributed by atoms with Crippen molar-refractivity contribution in [1.29, 1.82) is 0 Å². The Morgan fingerprint density at radius 2 is 1.83 bits per heavy atom. The molecule has 23 heavy (non-hydrogen) atoms. The maximum atomic E-state index is 12.7. The van der Waals surface area contributed by atoms with Crippen LogP contribution in [0.5, 0.6) is 0 Å². The number of benzene rings is 1. The molecular weight excluding hydrogens is 342 g/mol. The number of carboxylic acids is 1. The summed E-state index contributed by atoms with van der Waals surface area (Å²) < 4.78 is 50.2. The molecule has 0 aliphatic carbocycles. The molecule has 1 fully saturated rings. The molecule has 1 aromatic carbocycles. The van der Waals surface area contributed by atoms with E-state index in [9.17, 15) is 21.6 Å². The fourth-order valence-corrected chi connectivity index (χ4v) is 5.20. The largest absolute Gasteiger partial charge is 0.481 e. The molecule has 1 heterocycles. The van der Waals surface area contributed by atoms with Gasteiger partial charge in [-0.05, 0) is 24.1 Å². The van der Waals surface area contributed by atoms with E-state index in [0.717, 1.165) is 10.4 Å². The van der Waals surface area contributed by atoms with Crippen LogP contribution >= 0.6 is 0 Å². The third kappa shape index (κ3) is 3.41. The standard InChI is InChI=1S/C14H19NO6S2/c1-3-22(18,19)11-5-4-6-12(7-11)23(20,21)15-8-10(2)13(9-15)14(16)17/h4-7,10,13H,3,8-9H2,1-2H3,(H,16,17)/t10-,13-/m1/s1. The second kappa shape index (κ2) is 6.21. The molecular formula is C14H19NO6S2. The monoisotopic (exact) mass is 361 g/mol. The zero-order chi connectivity index (χ0) is 17.4. The zero-order valence-electron chi connectivity index (χ0n) is 12.8. The lowest BCUT2D eigenvalue weighted by atomic mass is 9.99. The minimum absolute atomic E-state index is 0.0527. The predicted octanol–water partition coefficient (Wildman–Crippen LogP) is 0.821. The van der Waals surface area contributed by atoms with Gasteiger partial charge in [-0.2, -0.15) is 4.31 Å². The summed E-state index contributed by atoms with van der Waals surface area (Å²) in [6.07, 6.45) is 0. The number of carbonyl (C=O) groups is 1. The van der Waals surface area contributed by atoms with Gasteiger partial charge in [0.05, 0.1) is 21.5 Å². The normalized spacial score (nSPS) is 23.0. The van der Waals surface area contributed by atoms with Gasteiger partial charge in [0.1, 0.15) is 0 Å². The molecule has 2 rings (SSSR count). The van der Waals surface area contributed by atoms with Gasteiger partial charge in [0.15, 0.2) is 9.84 Å². The molecule has 1 saturated heterocycles. The summed E-state index contributed by atoms with van der Waals surface area (Å²) in [5.74, 6) is -2.21. The van der Waals surface area contributed by atoms with E-state index in [-0.39, 0.29) is 34.6 Å². The first kappa shape index (κ1) is 17.9. The van der Waals surface area contributed by atoms with Gasteiger partial charge in [-0.25, -0.2) is 16.8 Å². The van der Waals surface area contributed by atoms with Crippen molar-refractivity contribution in [1.82, 2.24) is 4.31 Å². The average molecular weight is 361 g/mol. The van der Waals surface area contributed by atoms with Crippen LogP contribution in [0.4, 0.5) is 0 Å². The first-order valence-electron chi connectivity index (χ1n) is 7.15. The molecule has 0 bridgehead atoms. The molecule has 0 aromatic heterocycles. The SMILES string of the molecule is CCS(=O)(=O)c1cccc(S(=O)(=O)N2C[C@@H](C)[C@H](C(=O)O)C2)c1. The Labute approximate surface area is 135 Å². The van der Waals surface area contributed by atoms with Crippen LogP contribution < -0.4 is 0 Å². The van der Waals surface area contributed by atoms with Crippen LogP contribution in [-0.2, 0) is 24.7 Å². The topological polar surface area (TPSA) is 109 Å². The molecule has 1 N–H and O–H groups in total. The zero-order valence-corrected chi connectivity index (χ0v) is 14.5. The number of hydrogen-bond acceptors (Lipinski definition) is 5. The van der Waals surface area contributed by atoms with Crippen molar-refractivity contribution in [2.45, 2.75) is 23.6 Å². The summed E-state index contributed by atoms with van der Waals surface area (Å²) in [6.45, 7) is 3.16. The van der Waals surface area contributed by atoms with Crippen LogP contribution in [0, 0.1) is 11.8 Å². The van der Waals surface area contributed by atoms with Gasteiger partial charge in [0.25, 0.3) is 0 Å². The maximum Gasteiger partial charge on any atom is 0.308 e. The smallest absolute Gasteiger partial charge is 0.308 e. The van der Waals surface area contributed by atoms with E-state index in [1.807, 2.05) is 0 Å². The number of nitrogens with zero attached hydrogens (tertiary/aromatic N) is 1. The summed E-state index contributed by atoms with van der Waals surface area (Å²) >= 11 is 0. The fourth-order valence-electron chi connectivity index (χ4n) is 2.58. The highest BCUT2D eigenvalue weighted by Gasteiger charge is 2.40. The summed E-state index contributed by atoms with van der Waals surface area (Å²) in [6, 6.07) is 5.18. The van der Waals surface area contributed by atoms with Gasteiger partial charge in [0, 0.05) is 13.1 Å². The Morgan fingerprint density at radius 1 is 1.22 bits per heavy atom. The average Bonchev–Trinajstić information content (AvgIpc) is 2.90. The van der Waals surface area contributed by atoms with Gasteiger partial charge in [0.2, 0.25) is 10.0 Å². The summed E-state index contributed by atoms with van der Waals surface area (Å²) in [4.78, 5) is 11.0. The van der Waals surface area contributed by atoms with Gasteiger partial charge in [-0.3, -0.25) is 4.79 Å². The first-order valence-corrected chi connectivity index (χ1v) is 10.2. The Balaban J connectivity index is 2.38. The highest BCUT2D eigenvalue weighted by Crippen LogP contribution is 2.29. The second-order valence-corrected chi connectivity index (χ2v) is 9.84. The number of rotatable bonds is 5. The van der Waals surface area contributed by atoms with Crippen molar-refractivity contribution in [3.8, 4) is 0 Å². The molecule has 2 atom stereocenters. The molecule has 1 aliphatic rings. The minimum atomic E-state index is -3.92. The van der Waals surface area contributed by atoms with E-state index in [1.165, 1.54) is 25.1 Å². The van der Waals surface area contributed by atoms with Crippen LogP contribution in [0.2, 0.25) is 0 Å². The molecule has 1 aromatic rings. The minimum Gasteiger partial charge on any atom is -0.481 e. The lowest BCUT2D eigenvalue weighted by Gasteiger charge is -2.16. The Morgan fingerprint density at radius 3 is 2.35 bits per heavy atom. The van der Waals surface area contributed by atoms with E-state index in [4.69, 9.17) is 5.11 Å². The van der Waals surface area contributed by atoms with Crippen molar-refractivity contribution in [2.75, 3.05) is 18.8 Å². The van der Waals surface area contributed by atoms with E-state index >= 15 is 0 Å². The third-order valence-electron chi connectivity index (χ3n) is 4.08. The van der Waals surface area contributed by atoms with Gasteiger partial charge >= 0.3 is 5.97 Å². The Kier molecular flexibility index (Phi) is 4.84. The van der Waals surface area contributed by atoms with Crippen molar-refractivity contribution in [3.05, 3.63) is 24.3 Å². The Bertz CT molecular complexity index is 815. The first-order chi connectivity index (χ1) is 10.6. The molecule has 0 amide bonds. The van der Waals surface area contributed by atoms with Gasteiger partial charge in [-0.15, -0.1) is 0 Å². The van der Waals surface area contributed by atoms with Crippen LogP contribution in [0.25, 0.3) is 0 Å². The third-order valence-corrected chi connectivity index (χ3v) is 7.64. The quantitative estimate of drug-likeness (QED) is 0.832. The van der Waals surface area contributed by atoms with Crippen LogP contribution in [-0.4, -0.2) is 51.1 Å². The number of sulfone groups is 1. The predicted molar refractivity (Wildman–Crippen MR) is 83.2 cm³/mol. The van der Waals surface area contributed by atoms with Crippen LogP contribution in [0.1, 0.15) is 13.8 Å². The summed E-state index contributed by atoms with van der Waals surface area (Å²) in [5, 5.41) is 9.12. The van der Waals surface area contributed by atoms with Crippen LogP contribution in [0.3, 0.4) is 0 Å². The maximum absolute atomic E-state index is 12.7. The van der Waals surface area contributed by atoms with E-state index in [2.05, 4.69) is 0 Å². The number of hydrogen-bond donors (Lipinski definition) is 1. The molecule has 0 radical (unpaired) electrons. The van der Waals surface area contributed by atoms with Crippen LogP contribution in [0.15, 0.2) is 34.1 Å². The second-order valence-electron chi connectivity index (χ2n) is 5.62. The molecule has 0 spiro atoms. The van der Waals surface area contributed by atoms with E-state index in [1.54, 1.807) is 6.92 Å². The van der Waals surface area contributed by atoms with Crippen molar-refractivity contribution in [2.24, 2.45) is 11.8 Å². The van der Waals surface area contributed by atoms with Gasteiger partial charge < -0.3 is 5.11 Å². The van der Waals surface area contributed by atoms with Crippen molar-refractivity contribution >= 4 is 25.8 Å². The highest BCUT2D eigenvalue weighted by molar-refractivity contribution is 7.91. The van der Waals surface area contributed by atoms with Gasteiger partial charge in [-0.1, -0.05) is 19.9 Å². The molecule has 9 heteroatoms. The summed E-state index contributed by atoms with van der Waals surface area (Å²) in [5.41, 5.74) is 0. The number of sulfonamides is 1. The van der Waals surface area contributed by atoms with Crippen molar-refractivity contribution in [3.63, 3.8) is 0 Å². The Hall–Kier alpha value is -1.45. The van der Waals surface area contributed by atoms with E-state index in [0.29, 0.717) is 0 Å². The molecule has 0 saturated carbocycles. The highest BCUT2D eigenvalue weighted by atomic mass is 32.2. The van der Waals surface area contributed by atoms with Crippen molar-refractivity contribution < 1.29 is 26.7 Å². The molecule has 128 valence electrons.